The molecule has 1 saturated heterocycles. The monoisotopic (exact) mass is 465 g/mol. The van der Waals surface area contributed by atoms with E-state index in [0.717, 1.165) is 12.8 Å². The molecule has 2 aliphatic rings. The number of halogens is 3. The lowest BCUT2D eigenvalue weighted by molar-refractivity contribution is -0.192. The van der Waals surface area contributed by atoms with Gasteiger partial charge in [0.15, 0.2) is 5.82 Å². The lowest BCUT2D eigenvalue weighted by Crippen LogP contribution is -2.46. The molecule has 1 unspecified atom stereocenters. The number of alkyl halides is 3. The number of nitrogens with zero attached hydrogens (tertiary/aromatic N) is 4. The number of carbonyl (C=O) groups is 2. The Hall–Kier alpha value is -3.54. The van der Waals surface area contributed by atoms with Crippen LogP contribution in [0.1, 0.15) is 24.7 Å². The molecule has 12 heteroatoms. The van der Waals surface area contributed by atoms with E-state index in [9.17, 15) is 18.0 Å². The number of ether oxygens (including phenoxy) is 1. The highest BCUT2D eigenvalue weighted by Gasteiger charge is 2.38. The molecule has 0 radical (unpaired) electrons. The van der Waals surface area contributed by atoms with Gasteiger partial charge in [0.1, 0.15) is 17.7 Å². The molecular weight excluding hydrogens is 443 g/mol. The predicted octanol–water partition coefficient (Wildman–Crippen LogP) is 3.11. The van der Waals surface area contributed by atoms with E-state index in [1.807, 2.05) is 23.1 Å². The highest BCUT2D eigenvalue weighted by molar-refractivity contribution is 5.80. The highest BCUT2D eigenvalue weighted by atomic mass is 19.4. The summed E-state index contributed by atoms with van der Waals surface area (Å²) in [5.74, 6) is -0.617. The number of aromatic nitrogens is 3. The zero-order valence-electron chi connectivity index (χ0n) is 17.4. The number of hydrogen-bond acceptors (Lipinski definition) is 7. The minimum atomic E-state index is -5.08. The van der Waals surface area contributed by atoms with Gasteiger partial charge in [-0.05, 0) is 31.0 Å². The minimum absolute atomic E-state index is 0.0328. The Bertz CT molecular complexity index is 979. The van der Waals surface area contributed by atoms with Gasteiger partial charge >= 0.3 is 12.1 Å². The molecule has 33 heavy (non-hydrogen) atoms. The van der Waals surface area contributed by atoms with E-state index >= 15 is 0 Å². The quantitative estimate of drug-likeness (QED) is 0.662. The number of allylic oxidation sites excluding steroid dienone is 2. The average Bonchev–Trinajstić information content (AvgIpc) is 3.34. The molecule has 1 atom stereocenters. The van der Waals surface area contributed by atoms with Crippen molar-refractivity contribution in [1.29, 1.82) is 0 Å². The van der Waals surface area contributed by atoms with E-state index in [0.29, 0.717) is 37.2 Å². The van der Waals surface area contributed by atoms with Crippen LogP contribution in [0.4, 0.5) is 24.8 Å². The van der Waals surface area contributed by atoms with Crippen molar-refractivity contribution in [2.24, 2.45) is 5.92 Å². The van der Waals surface area contributed by atoms with Gasteiger partial charge in [-0.3, -0.25) is 4.79 Å². The summed E-state index contributed by atoms with van der Waals surface area (Å²) >= 11 is 0. The maximum atomic E-state index is 12.9. The molecule has 1 amide bonds. The third-order valence-electron chi connectivity index (χ3n) is 4.90. The molecule has 9 nitrogen and oxygen atoms in total. The summed E-state index contributed by atoms with van der Waals surface area (Å²) in [5, 5.41) is 10.3. The molecule has 1 aliphatic carbocycles. The van der Waals surface area contributed by atoms with Crippen molar-refractivity contribution in [3.8, 4) is 0 Å². The normalized spacial score (nSPS) is 18.4. The zero-order valence-corrected chi connectivity index (χ0v) is 17.4. The van der Waals surface area contributed by atoms with Gasteiger partial charge < -0.3 is 20.1 Å². The van der Waals surface area contributed by atoms with Crippen molar-refractivity contribution in [3.63, 3.8) is 0 Å². The fourth-order valence-electron chi connectivity index (χ4n) is 3.31. The number of morpholine rings is 1. The molecule has 0 aromatic carbocycles. The second kappa shape index (κ2) is 10.9. The van der Waals surface area contributed by atoms with Gasteiger partial charge in [-0.15, -0.1) is 0 Å². The molecule has 2 aromatic rings. The summed E-state index contributed by atoms with van der Waals surface area (Å²) in [6, 6.07) is 7.16. The molecule has 0 bridgehead atoms. The lowest BCUT2D eigenvalue weighted by atomic mass is 10.0. The molecule has 1 aliphatic heterocycles. The van der Waals surface area contributed by atoms with E-state index in [-0.39, 0.29) is 17.9 Å². The standard InChI is InChI=1S/C19H21N5O2.C2HF3O2/c25-19(14-5-1-2-6-14)24-11-12-26-13-15(24)18-21-10-8-17(23-18)22-16-7-3-4-9-20-16;3-2(4,5)1(6)7/h1-4,7-10,14-15H,5-6,11-13H2,(H,20,21,22,23);(H,6,7). The Morgan fingerprint density at radius 2 is 1.82 bits per heavy atom. The van der Waals surface area contributed by atoms with Crippen LogP contribution in [0.25, 0.3) is 0 Å². The first kappa shape index (κ1) is 24.1. The van der Waals surface area contributed by atoms with E-state index in [1.165, 1.54) is 0 Å². The summed E-state index contributed by atoms with van der Waals surface area (Å²) < 4.78 is 37.4. The first-order valence-electron chi connectivity index (χ1n) is 10.1. The first-order valence-corrected chi connectivity index (χ1v) is 10.1. The molecule has 176 valence electrons. The Morgan fingerprint density at radius 3 is 2.45 bits per heavy atom. The Labute approximate surface area is 187 Å². The number of rotatable bonds is 4. The third-order valence-corrected chi connectivity index (χ3v) is 4.90. The van der Waals surface area contributed by atoms with E-state index in [1.54, 1.807) is 18.5 Å². The van der Waals surface area contributed by atoms with Gasteiger partial charge in [0.05, 0.1) is 13.2 Å². The molecule has 0 spiro atoms. The molecule has 3 heterocycles. The summed E-state index contributed by atoms with van der Waals surface area (Å²) in [6.45, 7) is 1.54. The number of nitrogens with one attached hydrogen (secondary N) is 1. The van der Waals surface area contributed by atoms with Crippen molar-refractivity contribution in [1.82, 2.24) is 19.9 Å². The van der Waals surface area contributed by atoms with E-state index in [2.05, 4.69) is 32.4 Å². The summed E-state index contributed by atoms with van der Waals surface area (Å²) in [4.78, 5) is 36.9. The Balaban J connectivity index is 0.000000383. The maximum absolute atomic E-state index is 12.9. The fourth-order valence-corrected chi connectivity index (χ4v) is 3.31. The van der Waals surface area contributed by atoms with Crippen molar-refractivity contribution in [2.75, 3.05) is 25.1 Å². The van der Waals surface area contributed by atoms with Crippen LogP contribution in [0.3, 0.4) is 0 Å². The summed E-state index contributed by atoms with van der Waals surface area (Å²) in [7, 11) is 0. The van der Waals surface area contributed by atoms with E-state index in [4.69, 9.17) is 14.6 Å². The van der Waals surface area contributed by atoms with Crippen molar-refractivity contribution >= 4 is 23.5 Å². The summed E-state index contributed by atoms with van der Waals surface area (Å²) in [6.07, 6.45) is 4.10. The van der Waals surface area contributed by atoms with Gasteiger partial charge in [-0.25, -0.2) is 19.7 Å². The first-order chi connectivity index (χ1) is 15.8. The van der Waals surface area contributed by atoms with Crippen LogP contribution in [0, 0.1) is 5.92 Å². The Kier molecular flexibility index (Phi) is 7.93. The predicted molar refractivity (Wildman–Crippen MR) is 110 cm³/mol. The van der Waals surface area contributed by atoms with Crippen LogP contribution in [0.15, 0.2) is 48.8 Å². The molecule has 4 rings (SSSR count). The van der Waals surface area contributed by atoms with Crippen LogP contribution in [0.5, 0.6) is 0 Å². The molecule has 2 N–H and O–H groups in total. The van der Waals surface area contributed by atoms with Crippen molar-refractivity contribution in [3.05, 3.63) is 54.6 Å². The average molecular weight is 465 g/mol. The minimum Gasteiger partial charge on any atom is -0.475 e. The van der Waals surface area contributed by atoms with Crippen LogP contribution in [0.2, 0.25) is 0 Å². The van der Waals surface area contributed by atoms with Crippen LogP contribution < -0.4 is 5.32 Å². The van der Waals surface area contributed by atoms with E-state index < -0.39 is 12.1 Å². The number of amides is 1. The summed E-state index contributed by atoms with van der Waals surface area (Å²) in [5.41, 5.74) is 0. The largest absolute Gasteiger partial charge is 0.490 e. The Morgan fingerprint density at radius 1 is 1.09 bits per heavy atom. The second-order valence-electron chi connectivity index (χ2n) is 7.21. The van der Waals surface area contributed by atoms with Crippen LogP contribution in [-0.2, 0) is 14.3 Å². The van der Waals surface area contributed by atoms with Gasteiger partial charge in [0.25, 0.3) is 0 Å². The van der Waals surface area contributed by atoms with Crippen molar-refractivity contribution in [2.45, 2.75) is 25.1 Å². The fraction of sp³-hybridized carbons (Fsp3) is 0.381. The second-order valence-corrected chi connectivity index (χ2v) is 7.21. The van der Waals surface area contributed by atoms with Gasteiger partial charge in [0.2, 0.25) is 5.91 Å². The molecule has 0 saturated carbocycles. The van der Waals surface area contributed by atoms with Gasteiger partial charge in [0, 0.05) is 24.9 Å². The zero-order chi connectivity index (χ0) is 23.8. The molecule has 1 fully saturated rings. The van der Waals surface area contributed by atoms with Crippen LogP contribution in [-0.4, -0.2) is 62.8 Å². The molecular formula is C21H22F3N5O4. The van der Waals surface area contributed by atoms with Crippen LogP contribution >= 0.6 is 0 Å². The number of hydrogen-bond donors (Lipinski definition) is 2. The SMILES string of the molecule is O=C(C1CC=CC1)N1CCOCC1c1nccc(Nc2ccccn2)n1.O=C(O)C(F)(F)F. The number of carboxylic acids is 1. The van der Waals surface area contributed by atoms with Gasteiger partial charge in [-0.2, -0.15) is 13.2 Å². The number of pyridine rings is 1. The van der Waals surface area contributed by atoms with Gasteiger partial charge in [-0.1, -0.05) is 18.2 Å². The number of anilines is 2. The highest BCUT2D eigenvalue weighted by Crippen LogP contribution is 2.28. The number of carboxylic acid groups (broad SMARTS) is 1. The third kappa shape index (κ3) is 6.72. The molecule has 2 aromatic heterocycles. The smallest absolute Gasteiger partial charge is 0.475 e. The maximum Gasteiger partial charge on any atom is 0.490 e. The topological polar surface area (TPSA) is 118 Å². The van der Waals surface area contributed by atoms with Crippen molar-refractivity contribution < 1.29 is 32.6 Å². The number of aliphatic carboxylic acids is 1. The number of carbonyl (C=O) groups excluding carboxylic acids is 1. The lowest BCUT2D eigenvalue weighted by Gasteiger charge is -2.36.